The summed E-state index contributed by atoms with van der Waals surface area (Å²) in [4.78, 5) is 0. The molecule has 148 valence electrons. The topological polar surface area (TPSA) is 0 Å². The number of rotatable bonds is 5. The predicted molar refractivity (Wildman–Crippen MR) is 124 cm³/mol. The zero-order valence-corrected chi connectivity index (χ0v) is 19.9. The molecule has 0 N–H and O–H groups in total. The fourth-order valence-electron chi connectivity index (χ4n) is 6.66. The van der Waals surface area contributed by atoms with Crippen molar-refractivity contribution in [3.8, 4) is 0 Å². The third-order valence-corrected chi connectivity index (χ3v) is 14.0. The largest absolute Gasteiger partial charge is 0.0883 e. The highest BCUT2D eigenvalue weighted by Gasteiger charge is 2.51. The van der Waals surface area contributed by atoms with Gasteiger partial charge >= 0.3 is 0 Å². The maximum Gasteiger partial charge on any atom is 0.0883 e. The molecule has 0 nitrogen and oxygen atoms in total. The molecule has 0 heterocycles. The number of benzene rings is 1. The minimum Gasteiger partial charge on any atom is -0.0808 e. The van der Waals surface area contributed by atoms with Crippen molar-refractivity contribution in [3.63, 3.8) is 0 Å². The van der Waals surface area contributed by atoms with Crippen molar-refractivity contribution in [2.75, 3.05) is 0 Å². The van der Waals surface area contributed by atoms with Crippen LogP contribution in [0.2, 0.25) is 18.1 Å². The molecule has 0 aromatic heterocycles. The lowest BCUT2D eigenvalue weighted by Gasteiger charge is -2.43. The Kier molecular flexibility index (Phi) is 5.92. The quantitative estimate of drug-likeness (QED) is 0.479. The molecule has 1 heteroatoms. The van der Waals surface area contributed by atoms with Crippen molar-refractivity contribution in [3.05, 3.63) is 52.1 Å². The van der Waals surface area contributed by atoms with Gasteiger partial charge in [0.1, 0.15) is 0 Å². The molecule has 0 aliphatic heterocycles. The van der Waals surface area contributed by atoms with E-state index in [9.17, 15) is 0 Å². The standard InChI is InChI=1S/C26H40Si/c1-9-10-15-27(8,25-17(2)16-23-13-11-12-14-24(23)25)26-21(6)19(4)18(3)20(5)22(26)7/h11-14,17,23-25H,9-10,15-16H2,1-8H3. The second kappa shape index (κ2) is 7.74. The maximum atomic E-state index is 2.75. The van der Waals surface area contributed by atoms with Crippen LogP contribution >= 0.6 is 0 Å². The Hall–Kier alpha value is -1.08. The van der Waals surface area contributed by atoms with E-state index in [1.165, 1.54) is 30.9 Å². The van der Waals surface area contributed by atoms with E-state index in [4.69, 9.17) is 0 Å². The van der Waals surface area contributed by atoms with Gasteiger partial charge in [0.15, 0.2) is 0 Å². The zero-order chi connectivity index (χ0) is 19.9. The van der Waals surface area contributed by atoms with Crippen LogP contribution in [0.3, 0.4) is 0 Å². The van der Waals surface area contributed by atoms with Gasteiger partial charge in [0.05, 0.1) is 8.07 Å². The molecular weight excluding hydrogens is 340 g/mol. The summed E-state index contributed by atoms with van der Waals surface area (Å²) in [5.41, 5.74) is 8.71. The van der Waals surface area contributed by atoms with Crippen LogP contribution in [0.1, 0.15) is 60.9 Å². The van der Waals surface area contributed by atoms with Crippen LogP contribution in [-0.4, -0.2) is 8.07 Å². The molecule has 0 bridgehead atoms. The lowest BCUT2D eigenvalue weighted by Crippen LogP contribution is -2.54. The average Bonchev–Trinajstić information content (AvgIpc) is 2.99. The Labute approximate surface area is 169 Å². The molecule has 1 saturated carbocycles. The third-order valence-electron chi connectivity index (χ3n) is 8.33. The van der Waals surface area contributed by atoms with Crippen LogP contribution in [0.4, 0.5) is 0 Å². The van der Waals surface area contributed by atoms with E-state index in [0.29, 0.717) is 0 Å². The molecule has 1 fully saturated rings. The van der Waals surface area contributed by atoms with E-state index in [2.05, 4.69) is 79.3 Å². The smallest absolute Gasteiger partial charge is 0.0808 e. The summed E-state index contributed by atoms with van der Waals surface area (Å²) in [6, 6.07) is 1.45. The lowest BCUT2D eigenvalue weighted by atomic mass is 9.92. The second-order valence-electron chi connectivity index (χ2n) is 9.77. The van der Waals surface area contributed by atoms with Crippen molar-refractivity contribution < 1.29 is 0 Å². The van der Waals surface area contributed by atoms with Gasteiger partial charge in [0.2, 0.25) is 0 Å². The van der Waals surface area contributed by atoms with Gasteiger partial charge < -0.3 is 0 Å². The first-order chi connectivity index (χ1) is 12.7. The minimum atomic E-state index is -1.64. The Morgan fingerprint density at radius 2 is 1.44 bits per heavy atom. The van der Waals surface area contributed by atoms with Gasteiger partial charge in [-0.15, -0.1) is 0 Å². The highest BCUT2D eigenvalue weighted by Crippen LogP contribution is 2.54. The molecule has 3 rings (SSSR count). The van der Waals surface area contributed by atoms with Gasteiger partial charge in [-0.3, -0.25) is 0 Å². The van der Waals surface area contributed by atoms with Crippen molar-refractivity contribution in [2.45, 2.75) is 85.9 Å². The Morgan fingerprint density at radius 1 is 0.889 bits per heavy atom. The first-order valence-electron chi connectivity index (χ1n) is 11.2. The van der Waals surface area contributed by atoms with Crippen molar-refractivity contribution in [2.24, 2.45) is 17.8 Å². The number of fused-ring (bicyclic) bond motifs is 1. The molecule has 2 aliphatic carbocycles. The number of allylic oxidation sites excluding steroid dienone is 4. The summed E-state index contributed by atoms with van der Waals surface area (Å²) in [6.45, 7) is 19.6. The van der Waals surface area contributed by atoms with Gasteiger partial charge in [0, 0.05) is 0 Å². The maximum absolute atomic E-state index is 2.75. The van der Waals surface area contributed by atoms with Crippen LogP contribution in [-0.2, 0) is 0 Å². The Balaban J connectivity index is 2.20. The van der Waals surface area contributed by atoms with Crippen LogP contribution in [0.5, 0.6) is 0 Å². The van der Waals surface area contributed by atoms with Crippen LogP contribution in [0.25, 0.3) is 0 Å². The SMILES string of the molecule is CCCC[Si](C)(c1c(C)c(C)c(C)c(C)c1C)C1C(C)CC2C=CC=CC21. The zero-order valence-electron chi connectivity index (χ0n) is 18.9. The van der Waals surface area contributed by atoms with Gasteiger partial charge in [-0.1, -0.05) is 68.8 Å². The van der Waals surface area contributed by atoms with Gasteiger partial charge in [-0.25, -0.2) is 0 Å². The summed E-state index contributed by atoms with van der Waals surface area (Å²) in [5, 5.41) is 1.82. The molecular formula is C26H40Si. The number of hydrogen-bond acceptors (Lipinski definition) is 0. The molecule has 0 saturated heterocycles. The van der Waals surface area contributed by atoms with Crippen molar-refractivity contribution in [1.82, 2.24) is 0 Å². The molecule has 0 radical (unpaired) electrons. The minimum absolute atomic E-state index is 0.763. The van der Waals surface area contributed by atoms with Gasteiger partial charge in [-0.05, 0) is 92.2 Å². The molecule has 0 spiro atoms. The van der Waals surface area contributed by atoms with E-state index >= 15 is 0 Å². The highest BCUT2D eigenvalue weighted by atomic mass is 28.3. The molecule has 27 heavy (non-hydrogen) atoms. The summed E-state index contributed by atoms with van der Waals surface area (Å²) in [5.74, 6) is 2.37. The molecule has 1 aromatic rings. The van der Waals surface area contributed by atoms with Gasteiger partial charge in [-0.2, -0.15) is 0 Å². The normalized spacial score (nSPS) is 29.0. The van der Waals surface area contributed by atoms with Crippen molar-refractivity contribution in [1.29, 1.82) is 0 Å². The summed E-state index contributed by atoms with van der Waals surface area (Å²) < 4.78 is 0. The molecule has 5 unspecified atom stereocenters. The van der Waals surface area contributed by atoms with E-state index in [1.54, 1.807) is 22.3 Å². The molecule has 1 aromatic carbocycles. The number of unbranched alkanes of at least 4 members (excludes halogenated alkanes) is 1. The van der Waals surface area contributed by atoms with Gasteiger partial charge in [0.25, 0.3) is 0 Å². The van der Waals surface area contributed by atoms with Crippen LogP contribution in [0.15, 0.2) is 24.3 Å². The fourth-order valence-corrected chi connectivity index (χ4v) is 13.4. The molecule has 2 aliphatic rings. The first-order valence-corrected chi connectivity index (χ1v) is 13.9. The third kappa shape index (κ3) is 3.31. The van der Waals surface area contributed by atoms with Crippen LogP contribution < -0.4 is 5.19 Å². The molecule has 5 atom stereocenters. The average molecular weight is 381 g/mol. The number of hydrogen-bond donors (Lipinski definition) is 0. The van der Waals surface area contributed by atoms with E-state index in [0.717, 1.165) is 23.3 Å². The predicted octanol–water partition coefficient (Wildman–Crippen LogP) is 7.08. The van der Waals surface area contributed by atoms with Crippen LogP contribution in [0, 0.1) is 52.4 Å². The summed E-state index contributed by atoms with van der Waals surface area (Å²) in [6.07, 6.45) is 13.8. The Morgan fingerprint density at radius 3 is 2.04 bits per heavy atom. The van der Waals surface area contributed by atoms with E-state index in [1.807, 2.05) is 5.19 Å². The second-order valence-corrected chi connectivity index (χ2v) is 14.3. The Bertz CT molecular complexity index is 740. The van der Waals surface area contributed by atoms with E-state index < -0.39 is 8.07 Å². The molecule has 0 amide bonds. The van der Waals surface area contributed by atoms with E-state index in [-0.39, 0.29) is 0 Å². The summed E-state index contributed by atoms with van der Waals surface area (Å²) in [7, 11) is -1.64. The fraction of sp³-hybridized carbons (Fsp3) is 0.615. The lowest BCUT2D eigenvalue weighted by molar-refractivity contribution is 0.541. The van der Waals surface area contributed by atoms with Crippen molar-refractivity contribution >= 4 is 13.3 Å². The monoisotopic (exact) mass is 380 g/mol. The first kappa shape index (κ1) is 20.6. The highest BCUT2D eigenvalue weighted by molar-refractivity contribution is 6.92. The summed E-state index contributed by atoms with van der Waals surface area (Å²) >= 11 is 0.